The van der Waals surface area contributed by atoms with Gasteiger partial charge < -0.3 is 15.0 Å². The van der Waals surface area contributed by atoms with Crippen LogP contribution in [0.2, 0.25) is 0 Å². The van der Waals surface area contributed by atoms with Crippen LogP contribution in [0.4, 0.5) is 10.5 Å². The van der Waals surface area contributed by atoms with Gasteiger partial charge in [0.2, 0.25) is 5.91 Å². The lowest BCUT2D eigenvalue weighted by atomic mass is 9.82. The van der Waals surface area contributed by atoms with Crippen LogP contribution >= 0.6 is 0 Å². The van der Waals surface area contributed by atoms with Crippen LogP contribution in [0.5, 0.6) is 5.75 Å². The van der Waals surface area contributed by atoms with Crippen molar-refractivity contribution in [2.45, 2.75) is 44.1 Å². The first kappa shape index (κ1) is 19.7. The van der Waals surface area contributed by atoms with Gasteiger partial charge in [-0.05, 0) is 25.0 Å². The number of nitriles is 1. The number of ether oxygens (including phenoxy) is 1. The summed E-state index contributed by atoms with van der Waals surface area (Å²) in [6.45, 7) is -0.222. The minimum absolute atomic E-state index is 0.119. The van der Waals surface area contributed by atoms with Crippen LogP contribution in [0.1, 0.15) is 38.5 Å². The number of imide groups is 1. The van der Waals surface area contributed by atoms with Crippen LogP contribution in [-0.2, 0) is 9.59 Å². The lowest BCUT2D eigenvalue weighted by molar-refractivity contribution is -0.135. The van der Waals surface area contributed by atoms with Gasteiger partial charge in [0.25, 0.3) is 5.91 Å². The average Bonchev–Trinajstić information content (AvgIpc) is 2.93. The number of rotatable bonds is 6. The number of carbonyl (C=O) groups is 3. The van der Waals surface area contributed by atoms with Crippen molar-refractivity contribution in [2.75, 3.05) is 25.1 Å². The molecule has 8 nitrogen and oxygen atoms in total. The summed E-state index contributed by atoms with van der Waals surface area (Å²) in [5.41, 5.74) is -0.359. The Morgan fingerprint density at radius 1 is 1.29 bits per heavy atom. The lowest BCUT2D eigenvalue weighted by Gasteiger charge is -2.30. The maximum absolute atomic E-state index is 13.0. The van der Waals surface area contributed by atoms with Gasteiger partial charge in [-0.25, -0.2) is 4.79 Å². The summed E-state index contributed by atoms with van der Waals surface area (Å²) in [4.78, 5) is 40.8. The maximum Gasteiger partial charge on any atom is 0.325 e. The number of benzene rings is 1. The third-order valence-corrected chi connectivity index (χ3v) is 5.37. The summed E-state index contributed by atoms with van der Waals surface area (Å²) < 4.78 is 5.32. The number of para-hydroxylation sites is 2. The number of amides is 4. The van der Waals surface area contributed by atoms with Crippen LogP contribution in [0.3, 0.4) is 0 Å². The second-order valence-corrected chi connectivity index (χ2v) is 7.09. The Labute approximate surface area is 164 Å². The second kappa shape index (κ2) is 8.30. The monoisotopic (exact) mass is 384 g/mol. The number of nitrogens with one attached hydrogen (secondary N) is 1. The fourth-order valence-corrected chi connectivity index (χ4v) is 3.93. The Hall–Kier alpha value is -3.08. The fourth-order valence-electron chi connectivity index (χ4n) is 3.93. The zero-order valence-electron chi connectivity index (χ0n) is 15.9. The zero-order valence-corrected chi connectivity index (χ0v) is 15.9. The molecule has 1 aromatic carbocycles. The molecule has 3 rings (SSSR count). The largest absolute Gasteiger partial charge is 0.495 e. The van der Waals surface area contributed by atoms with Gasteiger partial charge in [0, 0.05) is 6.54 Å². The van der Waals surface area contributed by atoms with E-state index >= 15 is 0 Å². The number of nitrogens with zero attached hydrogens (tertiary/aromatic N) is 3. The van der Waals surface area contributed by atoms with Crippen molar-refractivity contribution in [2.24, 2.45) is 0 Å². The van der Waals surface area contributed by atoms with Crippen LogP contribution in [0.25, 0.3) is 0 Å². The topological polar surface area (TPSA) is 103 Å². The number of methoxy groups -OCH3 is 1. The first-order valence-electron chi connectivity index (χ1n) is 9.47. The highest BCUT2D eigenvalue weighted by molar-refractivity contribution is 6.10. The Kier molecular flexibility index (Phi) is 5.83. The maximum atomic E-state index is 13.0. The predicted molar refractivity (Wildman–Crippen MR) is 102 cm³/mol. The van der Waals surface area contributed by atoms with Crippen LogP contribution in [0, 0.1) is 11.3 Å². The summed E-state index contributed by atoms with van der Waals surface area (Å²) in [5, 5.41) is 11.8. The summed E-state index contributed by atoms with van der Waals surface area (Å²) in [6, 6.07) is 8.46. The van der Waals surface area contributed by atoms with Gasteiger partial charge in [0.1, 0.15) is 17.8 Å². The second-order valence-electron chi connectivity index (χ2n) is 7.09. The zero-order chi connectivity index (χ0) is 20.1. The number of hydrogen-bond acceptors (Lipinski definition) is 5. The van der Waals surface area contributed by atoms with Crippen molar-refractivity contribution in [3.05, 3.63) is 24.3 Å². The van der Waals surface area contributed by atoms with Crippen molar-refractivity contribution in [3.63, 3.8) is 0 Å². The van der Waals surface area contributed by atoms with E-state index in [-0.39, 0.29) is 25.4 Å². The minimum Gasteiger partial charge on any atom is -0.495 e. The summed E-state index contributed by atoms with van der Waals surface area (Å²) >= 11 is 0. The van der Waals surface area contributed by atoms with E-state index in [9.17, 15) is 14.4 Å². The molecule has 8 heteroatoms. The van der Waals surface area contributed by atoms with E-state index in [1.165, 1.54) is 12.0 Å². The van der Waals surface area contributed by atoms with E-state index in [1.807, 2.05) is 6.07 Å². The molecule has 1 heterocycles. The smallest absolute Gasteiger partial charge is 0.325 e. The first-order valence-corrected chi connectivity index (χ1v) is 9.47. The van der Waals surface area contributed by atoms with Gasteiger partial charge in [0.05, 0.1) is 25.3 Å². The fraction of sp³-hybridized carbons (Fsp3) is 0.500. The highest BCUT2D eigenvalue weighted by Crippen LogP contribution is 2.34. The molecule has 2 aliphatic rings. The quantitative estimate of drug-likeness (QED) is 0.758. The highest BCUT2D eigenvalue weighted by atomic mass is 16.5. The molecule has 0 bridgehead atoms. The summed E-state index contributed by atoms with van der Waals surface area (Å²) in [6.07, 6.45) is 4.12. The Bertz CT molecular complexity index is 811. The Morgan fingerprint density at radius 3 is 2.68 bits per heavy atom. The van der Waals surface area contributed by atoms with Crippen molar-refractivity contribution in [1.82, 2.24) is 10.2 Å². The van der Waals surface area contributed by atoms with Gasteiger partial charge in [-0.15, -0.1) is 0 Å². The molecule has 28 heavy (non-hydrogen) atoms. The van der Waals surface area contributed by atoms with Gasteiger partial charge in [0.15, 0.2) is 0 Å². The molecule has 1 aromatic rings. The third kappa shape index (κ3) is 3.65. The Morgan fingerprint density at radius 2 is 2.00 bits per heavy atom. The number of anilines is 1. The molecule has 0 aromatic heterocycles. The molecule has 2 fully saturated rings. The van der Waals surface area contributed by atoms with Crippen LogP contribution < -0.4 is 15.0 Å². The molecule has 0 unspecified atom stereocenters. The molecule has 1 N–H and O–H groups in total. The first-order chi connectivity index (χ1) is 13.5. The van der Waals surface area contributed by atoms with Crippen LogP contribution in [-0.4, -0.2) is 48.5 Å². The molecular formula is C20H24N4O4. The van der Waals surface area contributed by atoms with Crippen molar-refractivity contribution >= 4 is 23.5 Å². The number of urea groups is 1. The lowest BCUT2D eigenvalue weighted by Crippen LogP contribution is -2.49. The third-order valence-electron chi connectivity index (χ3n) is 5.37. The van der Waals surface area contributed by atoms with Gasteiger partial charge in [-0.3, -0.25) is 14.5 Å². The highest BCUT2D eigenvalue weighted by Gasteiger charge is 2.51. The average molecular weight is 384 g/mol. The number of hydrogen-bond donors (Lipinski definition) is 1. The van der Waals surface area contributed by atoms with E-state index < -0.39 is 17.5 Å². The summed E-state index contributed by atoms with van der Waals surface area (Å²) in [5.74, 6) is -0.281. The molecule has 4 amide bonds. The molecule has 1 saturated carbocycles. The number of carbonyl (C=O) groups excluding carboxylic acids is 3. The van der Waals surface area contributed by atoms with E-state index in [0.717, 1.165) is 24.2 Å². The minimum atomic E-state index is -0.864. The molecular weight excluding hydrogens is 360 g/mol. The standard InChI is InChI=1S/C20H24N4O4/c1-28-16-9-4-3-8-15(16)23(13-7-12-21)17(25)14-24-18(26)20(22-19(24)27)10-5-2-6-11-20/h3-4,8-9H,2,5-7,10-11,13-14H2,1H3,(H,22,27). The van der Waals surface area contributed by atoms with E-state index in [2.05, 4.69) is 5.32 Å². The Balaban J connectivity index is 1.81. The molecule has 148 valence electrons. The SMILES string of the molecule is COc1ccccc1N(CCC#N)C(=O)CN1C(=O)NC2(CCCCC2)C1=O. The van der Waals surface area contributed by atoms with E-state index in [0.29, 0.717) is 24.3 Å². The van der Waals surface area contributed by atoms with Crippen molar-refractivity contribution in [3.8, 4) is 11.8 Å². The van der Waals surface area contributed by atoms with Crippen molar-refractivity contribution in [1.29, 1.82) is 5.26 Å². The molecule has 1 spiro atoms. The van der Waals surface area contributed by atoms with Crippen molar-refractivity contribution < 1.29 is 19.1 Å². The van der Waals surface area contributed by atoms with E-state index in [1.54, 1.807) is 24.3 Å². The van der Waals surface area contributed by atoms with Gasteiger partial charge in [-0.2, -0.15) is 5.26 Å². The van der Waals surface area contributed by atoms with Gasteiger partial charge >= 0.3 is 6.03 Å². The predicted octanol–water partition coefficient (Wildman–Crippen LogP) is 2.20. The molecule has 0 atom stereocenters. The van der Waals surface area contributed by atoms with E-state index in [4.69, 9.17) is 10.00 Å². The normalized spacial score (nSPS) is 17.9. The van der Waals surface area contributed by atoms with Crippen LogP contribution in [0.15, 0.2) is 24.3 Å². The van der Waals surface area contributed by atoms with Gasteiger partial charge in [-0.1, -0.05) is 31.4 Å². The molecule has 1 aliphatic heterocycles. The summed E-state index contributed by atoms with van der Waals surface area (Å²) in [7, 11) is 1.50. The molecule has 0 radical (unpaired) electrons. The molecule has 1 aliphatic carbocycles. The molecule has 1 saturated heterocycles.